The SMILES string of the molecule is O=C(c1ccc(OCC2CCCO2)cc1)N1CCN(c2ccccc2O)CC1. The number of aromatic hydroxyl groups is 1. The van der Waals surface area contributed by atoms with Crippen molar-refractivity contribution in [3.8, 4) is 11.5 Å². The van der Waals surface area contributed by atoms with Gasteiger partial charge in [-0.2, -0.15) is 0 Å². The van der Waals surface area contributed by atoms with Gasteiger partial charge in [0.15, 0.2) is 0 Å². The van der Waals surface area contributed by atoms with Crippen LogP contribution in [0.4, 0.5) is 5.69 Å². The van der Waals surface area contributed by atoms with Crippen LogP contribution in [-0.2, 0) is 4.74 Å². The summed E-state index contributed by atoms with van der Waals surface area (Å²) in [6.07, 6.45) is 2.32. The Morgan fingerprint density at radius 1 is 1.07 bits per heavy atom. The van der Waals surface area contributed by atoms with Gasteiger partial charge >= 0.3 is 0 Å². The lowest BCUT2D eigenvalue weighted by Crippen LogP contribution is -2.48. The quantitative estimate of drug-likeness (QED) is 0.862. The molecule has 2 aliphatic rings. The Morgan fingerprint density at radius 3 is 2.50 bits per heavy atom. The van der Waals surface area contributed by atoms with E-state index in [0.717, 1.165) is 30.9 Å². The number of hydrogen-bond acceptors (Lipinski definition) is 5. The molecule has 0 aromatic heterocycles. The predicted molar refractivity (Wildman–Crippen MR) is 107 cm³/mol. The topological polar surface area (TPSA) is 62.2 Å². The van der Waals surface area contributed by atoms with Crippen molar-refractivity contribution in [3.63, 3.8) is 0 Å². The molecular weight excluding hydrogens is 356 g/mol. The summed E-state index contributed by atoms with van der Waals surface area (Å²) in [6, 6.07) is 14.7. The van der Waals surface area contributed by atoms with E-state index in [4.69, 9.17) is 9.47 Å². The number of para-hydroxylation sites is 2. The fraction of sp³-hybridized carbons (Fsp3) is 0.409. The van der Waals surface area contributed by atoms with E-state index in [-0.39, 0.29) is 17.8 Å². The second-order valence-electron chi connectivity index (χ2n) is 7.24. The number of nitrogens with zero attached hydrogens (tertiary/aromatic N) is 2. The molecule has 2 saturated heterocycles. The van der Waals surface area contributed by atoms with Crippen molar-refractivity contribution in [2.24, 2.45) is 0 Å². The molecule has 148 valence electrons. The number of piperazine rings is 1. The summed E-state index contributed by atoms with van der Waals surface area (Å²) in [5.74, 6) is 1.07. The van der Waals surface area contributed by atoms with Crippen molar-refractivity contribution < 1.29 is 19.4 Å². The standard InChI is InChI=1S/C22H26N2O4/c25-21-6-2-1-5-20(21)23-11-13-24(14-12-23)22(26)17-7-9-18(10-8-17)28-16-19-4-3-15-27-19/h1-2,5-10,19,25H,3-4,11-16H2. The number of phenols is 1. The molecule has 4 rings (SSSR count). The monoisotopic (exact) mass is 382 g/mol. The van der Waals surface area contributed by atoms with Crippen LogP contribution in [0.3, 0.4) is 0 Å². The third kappa shape index (κ3) is 4.22. The van der Waals surface area contributed by atoms with Crippen LogP contribution in [0.15, 0.2) is 48.5 Å². The first-order chi connectivity index (χ1) is 13.7. The van der Waals surface area contributed by atoms with Crippen LogP contribution in [0.5, 0.6) is 11.5 Å². The molecule has 0 radical (unpaired) electrons. The van der Waals surface area contributed by atoms with E-state index < -0.39 is 0 Å². The Morgan fingerprint density at radius 2 is 1.82 bits per heavy atom. The van der Waals surface area contributed by atoms with Gasteiger partial charge < -0.3 is 24.4 Å². The van der Waals surface area contributed by atoms with Crippen LogP contribution in [0.1, 0.15) is 23.2 Å². The number of rotatable bonds is 5. The van der Waals surface area contributed by atoms with Gasteiger partial charge in [-0.3, -0.25) is 4.79 Å². The van der Waals surface area contributed by atoms with Gasteiger partial charge in [0.05, 0.1) is 11.8 Å². The molecule has 2 aromatic carbocycles. The highest BCUT2D eigenvalue weighted by Crippen LogP contribution is 2.27. The number of carbonyl (C=O) groups excluding carboxylic acids is 1. The van der Waals surface area contributed by atoms with Crippen molar-refractivity contribution in [2.75, 3.05) is 44.3 Å². The molecule has 1 atom stereocenters. The average Bonchev–Trinajstić information content (AvgIpc) is 3.26. The number of carbonyl (C=O) groups is 1. The Balaban J connectivity index is 1.30. The van der Waals surface area contributed by atoms with Crippen molar-refractivity contribution in [1.29, 1.82) is 0 Å². The van der Waals surface area contributed by atoms with Crippen LogP contribution in [0.2, 0.25) is 0 Å². The zero-order valence-electron chi connectivity index (χ0n) is 15.9. The molecule has 0 bridgehead atoms. The number of phenolic OH excluding ortho intramolecular Hbond substituents is 1. The molecule has 6 heteroatoms. The average molecular weight is 382 g/mol. The molecule has 2 fully saturated rings. The van der Waals surface area contributed by atoms with Crippen LogP contribution >= 0.6 is 0 Å². The maximum Gasteiger partial charge on any atom is 0.253 e. The second kappa shape index (κ2) is 8.52. The first kappa shape index (κ1) is 18.6. The van der Waals surface area contributed by atoms with Gasteiger partial charge in [-0.1, -0.05) is 12.1 Å². The van der Waals surface area contributed by atoms with Gasteiger partial charge in [0.2, 0.25) is 0 Å². The van der Waals surface area contributed by atoms with Crippen molar-refractivity contribution in [3.05, 3.63) is 54.1 Å². The van der Waals surface area contributed by atoms with E-state index >= 15 is 0 Å². The number of hydrogen-bond donors (Lipinski definition) is 1. The molecule has 1 N–H and O–H groups in total. The molecular formula is C22H26N2O4. The van der Waals surface area contributed by atoms with Crippen molar-refractivity contribution in [2.45, 2.75) is 18.9 Å². The largest absolute Gasteiger partial charge is 0.506 e. The second-order valence-corrected chi connectivity index (χ2v) is 7.24. The number of ether oxygens (including phenoxy) is 2. The summed E-state index contributed by atoms with van der Waals surface area (Å²) in [6.45, 7) is 4.03. The van der Waals surface area contributed by atoms with E-state index in [1.807, 2.05) is 47.4 Å². The normalized spacial score (nSPS) is 19.6. The minimum absolute atomic E-state index is 0.0302. The fourth-order valence-electron chi connectivity index (χ4n) is 3.72. The molecule has 28 heavy (non-hydrogen) atoms. The van der Waals surface area contributed by atoms with Gasteiger partial charge in [-0.15, -0.1) is 0 Å². The number of amides is 1. The first-order valence-electron chi connectivity index (χ1n) is 9.87. The highest BCUT2D eigenvalue weighted by atomic mass is 16.5. The van der Waals surface area contributed by atoms with Gasteiger partial charge in [-0.25, -0.2) is 0 Å². The lowest BCUT2D eigenvalue weighted by molar-refractivity contribution is 0.0678. The molecule has 0 aliphatic carbocycles. The number of anilines is 1. The van der Waals surface area contributed by atoms with E-state index in [1.54, 1.807) is 6.07 Å². The fourth-order valence-corrected chi connectivity index (χ4v) is 3.72. The van der Waals surface area contributed by atoms with E-state index in [0.29, 0.717) is 38.3 Å². The zero-order chi connectivity index (χ0) is 19.3. The van der Waals surface area contributed by atoms with E-state index in [2.05, 4.69) is 4.90 Å². The van der Waals surface area contributed by atoms with E-state index in [9.17, 15) is 9.90 Å². The lowest BCUT2D eigenvalue weighted by Gasteiger charge is -2.36. The Kier molecular flexibility index (Phi) is 5.67. The molecule has 2 aliphatic heterocycles. The van der Waals surface area contributed by atoms with Gasteiger partial charge in [0.1, 0.15) is 18.1 Å². The molecule has 0 spiro atoms. The molecule has 2 aromatic rings. The smallest absolute Gasteiger partial charge is 0.253 e. The van der Waals surface area contributed by atoms with Crippen LogP contribution in [-0.4, -0.2) is 61.4 Å². The van der Waals surface area contributed by atoms with E-state index in [1.165, 1.54) is 0 Å². The Labute approximate surface area is 165 Å². The summed E-state index contributed by atoms with van der Waals surface area (Å²) < 4.78 is 11.3. The third-order valence-electron chi connectivity index (χ3n) is 5.35. The highest BCUT2D eigenvalue weighted by Gasteiger charge is 2.23. The number of benzene rings is 2. The minimum Gasteiger partial charge on any atom is -0.506 e. The highest BCUT2D eigenvalue weighted by molar-refractivity contribution is 5.94. The van der Waals surface area contributed by atoms with Crippen LogP contribution < -0.4 is 9.64 Å². The molecule has 0 saturated carbocycles. The van der Waals surface area contributed by atoms with Gasteiger partial charge in [-0.05, 0) is 49.2 Å². The van der Waals surface area contributed by atoms with Gasteiger partial charge in [0.25, 0.3) is 5.91 Å². The summed E-state index contributed by atoms with van der Waals surface area (Å²) in [5, 5.41) is 10.0. The first-order valence-corrected chi connectivity index (χ1v) is 9.87. The summed E-state index contributed by atoms with van der Waals surface area (Å²) in [4.78, 5) is 16.8. The minimum atomic E-state index is 0.0302. The predicted octanol–water partition coefficient (Wildman–Crippen LogP) is 2.91. The van der Waals surface area contributed by atoms with Crippen LogP contribution in [0.25, 0.3) is 0 Å². The summed E-state index contributed by atoms with van der Waals surface area (Å²) in [7, 11) is 0. The zero-order valence-corrected chi connectivity index (χ0v) is 15.9. The molecule has 2 heterocycles. The van der Waals surface area contributed by atoms with Crippen LogP contribution in [0, 0.1) is 0 Å². The summed E-state index contributed by atoms with van der Waals surface area (Å²) >= 11 is 0. The maximum absolute atomic E-state index is 12.8. The van der Waals surface area contributed by atoms with Crippen molar-refractivity contribution >= 4 is 11.6 Å². The lowest BCUT2D eigenvalue weighted by atomic mass is 10.1. The molecule has 6 nitrogen and oxygen atoms in total. The summed E-state index contributed by atoms with van der Waals surface area (Å²) in [5.41, 5.74) is 1.49. The molecule has 1 unspecified atom stereocenters. The Hall–Kier alpha value is -2.73. The van der Waals surface area contributed by atoms with Crippen molar-refractivity contribution in [1.82, 2.24) is 4.90 Å². The van der Waals surface area contributed by atoms with Gasteiger partial charge in [0, 0.05) is 38.3 Å². The maximum atomic E-state index is 12.8. The third-order valence-corrected chi connectivity index (χ3v) is 5.35. The molecule has 1 amide bonds. The Bertz CT molecular complexity index is 794.